The number of carbonyl (C=O) groups is 1. The van der Waals surface area contributed by atoms with Gasteiger partial charge in [-0.3, -0.25) is 4.79 Å². The molecule has 1 aromatic carbocycles. The molecule has 0 spiro atoms. The number of rotatable bonds is 7. The van der Waals surface area contributed by atoms with Crippen LogP contribution in [0.25, 0.3) is 0 Å². The highest BCUT2D eigenvalue weighted by Gasteiger charge is 2.14. The molecule has 1 aliphatic rings. The van der Waals surface area contributed by atoms with E-state index in [-0.39, 0.29) is 5.91 Å². The van der Waals surface area contributed by atoms with E-state index in [2.05, 4.69) is 45.1 Å². The van der Waals surface area contributed by atoms with Gasteiger partial charge in [-0.25, -0.2) is 0 Å². The zero-order valence-corrected chi connectivity index (χ0v) is 14.9. The minimum Gasteiger partial charge on any atom is -0.355 e. The van der Waals surface area contributed by atoms with E-state index in [1.54, 1.807) is 11.3 Å². The molecule has 1 unspecified atom stereocenters. The summed E-state index contributed by atoms with van der Waals surface area (Å²) in [6, 6.07) is 8.46. The first-order valence-electron chi connectivity index (χ1n) is 8.53. The topological polar surface area (TPSA) is 66.9 Å². The summed E-state index contributed by atoms with van der Waals surface area (Å²) < 4.78 is 0. The van der Waals surface area contributed by atoms with Crippen molar-refractivity contribution in [3.05, 3.63) is 45.4 Å². The van der Waals surface area contributed by atoms with E-state index in [4.69, 9.17) is 0 Å². The van der Waals surface area contributed by atoms with Crippen LogP contribution in [0.4, 0.5) is 0 Å². The number of nitrogens with zero attached hydrogens (tertiary/aromatic N) is 2. The van der Waals surface area contributed by atoms with Gasteiger partial charge in [0.2, 0.25) is 5.91 Å². The van der Waals surface area contributed by atoms with Gasteiger partial charge in [0.15, 0.2) is 0 Å². The predicted octanol–water partition coefficient (Wildman–Crippen LogP) is 1.90. The van der Waals surface area contributed by atoms with Crippen LogP contribution in [0.2, 0.25) is 0 Å². The third-order valence-electron chi connectivity index (χ3n) is 4.30. The lowest BCUT2D eigenvalue weighted by Gasteiger charge is -2.09. The van der Waals surface area contributed by atoms with Crippen molar-refractivity contribution in [1.82, 2.24) is 20.8 Å². The molecular weight excluding hydrogens is 320 g/mol. The molecule has 3 rings (SSSR count). The fourth-order valence-corrected chi connectivity index (χ4v) is 3.72. The van der Waals surface area contributed by atoms with E-state index in [1.165, 1.54) is 12.0 Å². The van der Waals surface area contributed by atoms with Crippen LogP contribution in [0.1, 0.15) is 27.6 Å². The molecule has 1 amide bonds. The molecule has 0 saturated carbocycles. The highest BCUT2D eigenvalue weighted by molar-refractivity contribution is 7.11. The van der Waals surface area contributed by atoms with Crippen LogP contribution in [-0.2, 0) is 24.1 Å². The summed E-state index contributed by atoms with van der Waals surface area (Å²) in [6.07, 6.45) is 3.56. The molecule has 1 atom stereocenters. The molecule has 0 bridgehead atoms. The first-order chi connectivity index (χ1) is 11.7. The predicted molar refractivity (Wildman–Crippen MR) is 96.2 cm³/mol. The smallest absolute Gasteiger partial charge is 0.224 e. The van der Waals surface area contributed by atoms with Crippen LogP contribution in [0.15, 0.2) is 24.3 Å². The normalized spacial score (nSPS) is 17.1. The molecule has 2 N–H and O–H groups in total. The fourth-order valence-electron chi connectivity index (χ4n) is 3.01. The average Bonchev–Trinajstić information content (AvgIpc) is 3.21. The van der Waals surface area contributed by atoms with Gasteiger partial charge >= 0.3 is 0 Å². The van der Waals surface area contributed by atoms with Gasteiger partial charge in [-0.1, -0.05) is 24.3 Å². The average molecular weight is 344 g/mol. The van der Waals surface area contributed by atoms with Gasteiger partial charge in [-0.15, -0.1) is 21.5 Å². The summed E-state index contributed by atoms with van der Waals surface area (Å²) >= 11 is 1.58. The molecule has 2 heterocycles. The maximum absolute atomic E-state index is 12.0. The lowest BCUT2D eigenvalue weighted by atomic mass is 9.97. The van der Waals surface area contributed by atoms with Gasteiger partial charge in [0.05, 0.1) is 6.42 Å². The molecular formula is C18H24N4OS. The summed E-state index contributed by atoms with van der Waals surface area (Å²) in [4.78, 5) is 12.0. The first kappa shape index (κ1) is 17.0. The SMILES string of the molecule is Cc1nnc(CCNC(=O)Cc2ccc(CC3CCNC3)cc2)s1. The van der Waals surface area contributed by atoms with E-state index in [9.17, 15) is 4.79 Å². The third-order valence-corrected chi connectivity index (χ3v) is 5.20. The Labute approximate surface area is 146 Å². The van der Waals surface area contributed by atoms with Gasteiger partial charge < -0.3 is 10.6 Å². The van der Waals surface area contributed by atoms with Crippen molar-refractivity contribution < 1.29 is 4.79 Å². The van der Waals surface area contributed by atoms with E-state index < -0.39 is 0 Å². The quantitative estimate of drug-likeness (QED) is 0.805. The molecule has 2 aromatic rings. The van der Waals surface area contributed by atoms with Crippen molar-refractivity contribution in [3.8, 4) is 0 Å². The minimum absolute atomic E-state index is 0.0592. The zero-order chi connectivity index (χ0) is 16.8. The number of hydrogen-bond acceptors (Lipinski definition) is 5. The molecule has 0 aliphatic carbocycles. The van der Waals surface area contributed by atoms with Crippen LogP contribution >= 0.6 is 11.3 Å². The van der Waals surface area contributed by atoms with Gasteiger partial charge in [0.25, 0.3) is 0 Å². The van der Waals surface area contributed by atoms with Crippen molar-refractivity contribution >= 4 is 17.2 Å². The van der Waals surface area contributed by atoms with Crippen molar-refractivity contribution in [1.29, 1.82) is 0 Å². The third kappa shape index (κ3) is 5.11. The number of nitrogens with one attached hydrogen (secondary N) is 2. The van der Waals surface area contributed by atoms with Crippen LogP contribution < -0.4 is 10.6 Å². The number of aryl methyl sites for hydroxylation is 1. The molecule has 24 heavy (non-hydrogen) atoms. The van der Waals surface area contributed by atoms with Gasteiger partial charge in [0, 0.05) is 13.0 Å². The number of hydrogen-bond donors (Lipinski definition) is 2. The molecule has 1 fully saturated rings. The van der Waals surface area contributed by atoms with Gasteiger partial charge in [0.1, 0.15) is 10.0 Å². The number of amides is 1. The largest absolute Gasteiger partial charge is 0.355 e. The summed E-state index contributed by atoms with van der Waals surface area (Å²) in [5.41, 5.74) is 2.42. The number of carbonyl (C=O) groups excluding carboxylic acids is 1. The van der Waals surface area contributed by atoms with Crippen molar-refractivity contribution in [2.75, 3.05) is 19.6 Å². The highest BCUT2D eigenvalue weighted by Crippen LogP contribution is 2.16. The Balaban J connectivity index is 1.40. The number of aromatic nitrogens is 2. The Morgan fingerprint density at radius 1 is 1.29 bits per heavy atom. The molecule has 128 valence electrons. The first-order valence-corrected chi connectivity index (χ1v) is 9.35. The van der Waals surface area contributed by atoms with E-state index in [1.807, 2.05) is 6.92 Å². The fraction of sp³-hybridized carbons (Fsp3) is 0.500. The van der Waals surface area contributed by atoms with E-state index in [0.29, 0.717) is 13.0 Å². The second-order valence-electron chi connectivity index (χ2n) is 6.37. The van der Waals surface area contributed by atoms with Crippen LogP contribution in [0, 0.1) is 12.8 Å². The second kappa shape index (κ2) is 8.35. The lowest BCUT2D eigenvalue weighted by molar-refractivity contribution is -0.120. The van der Waals surface area contributed by atoms with E-state index >= 15 is 0 Å². The minimum atomic E-state index is 0.0592. The maximum atomic E-state index is 12.0. The maximum Gasteiger partial charge on any atom is 0.224 e. The monoisotopic (exact) mass is 344 g/mol. The van der Waals surface area contributed by atoms with Gasteiger partial charge in [-0.2, -0.15) is 0 Å². The number of benzene rings is 1. The second-order valence-corrected chi connectivity index (χ2v) is 7.64. The Morgan fingerprint density at radius 3 is 2.75 bits per heavy atom. The molecule has 1 aliphatic heterocycles. The zero-order valence-electron chi connectivity index (χ0n) is 14.0. The highest BCUT2D eigenvalue weighted by atomic mass is 32.1. The van der Waals surface area contributed by atoms with Crippen LogP contribution in [0.5, 0.6) is 0 Å². The molecule has 1 aromatic heterocycles. The van der Waals surface area contributed by atoms with Crippen molar-refractivity contribution in [2.24, 2.45) is 5.92 Å². The molecule has 6 heteroatoms. The van der Waals surface area contributed by atoms with Gasteiger partial charge in [-0.05, 0) is 49.9 Å². The Morgan fingerprint density at radius 2 is 2.08 bits per heavy atom. The summed E-state index contributed by atoms with van der Waals surface area (Å²) in [6.45, 7) is 4.81. The standard InChI is InChI=1S/C18H24N4OS/c1-13-21-22-18(24-13)7-9-20-17(23)11-15-4-2-14(3-5-15)10-16-6-8-19-12-16/h2-5,16,19H,6-12H2,1H3,(H,20,23). The van der Waals surface area contributed by atoms with E-state index in [0.717, 1.165) is 47.4 Å². The van der Waals surface area contributed by atoms with Crippen molar-refractivity contribution in [2.45, 2.75) is 32.6 Å². The summed E-state index contributed by atoms with van der Waals surface area (Å²) in [5.74, 6) is 0.812. The Hall–Kier alpha value is -1.79. The summed E-state index contributed by atoms with van der Waals surface area (Å²) in [7, 11) is 0. The van der Waals surface area contributed by atoms with Crippen LogP contribution in [0.3, 0.4) is 0 Å². The Bertz CT molecular complexity index is 662. The molecule has 0 radical (unpaired) electrons. The van der Waals surface area contributed by atoms with Crippen molar-refractivity contribution in [3.63, 3.8) is 0 Å². The lowest BCUT2D eigenvalue weighted by Crippen LogP contribution is -2.27. The Kier molecular flexibility index (Phi) is 5.93. The molecule has 5 nitrogen and oxygen atoms in total. The molecule has 1 saturated heterocycles. The van der Waals surface area contributed by atoms with Crippen LogP contribution in [-0.4, -0.2) is 35.7 Å². The summed E-state index contributed by atoms with van der Waals surface area (Å²) in [5, 5.41) is 16.3.